The Bertz CT molecular complexity index is 287. The number of unbranched alkanes of at least 4 members (excludes halogenated alkanes) is 1. The lowest BCUT2D eigenvalue weighted by molar-refractivity contribution is 0.318. The fraction of sp³-hybridized carbons (Fsp3) is 0.643. The van der Waals surface area contributed by atoms with E-state index in [1.54, 1.807) is 0 Å². The third-order valence-corrected chi connectivity index (χ3v) is 3.44. The van der Waals surface area contributed by atoms with Crippen molar-refractivity contribution in [3.63, 3.8) is 0 Å². The minimum Gasteiger partial charge on any atom is -0.271 e. The van der Waals surface area contributed by atoms with Crippen molar-refractivity contribution < 1.29 is 0 Å². The standard InChI is InChI=1S/C14H25N3/c1-3-5-6-13(4-2)14(17-15)11-12-7-9-16-10-8-12/h7-10,13-14,17H,3-6,11,15H2,1-2H3. The number of hydrazine groups is 1. The number of hydrogen-bond acceptors (Lipinski definition) is 3. The topological polar surface area (TPSA) is 50.9 Å². The van der Waals surface area contributed by atoms with E-state index in [0.29, 0.717) is 12.0 Å². The average molecular weight is 235 g/mol. The lowest BCUT2D eigenvalue weighted by Crippen LogP contribution is -2.42. The number of nitrogens with one attached hydrogen (secondary N) is 1. The fourth-order valence-corrected chi connectivity index (χ4v) is 2.29. The number of pyridine rings is 1. The summed E-state index contributed by atoms with van der Waals surface area (Å²) in [5.74, 6) is 6.36. The van der Waals surface area contributed by atoms with Crippen molar-refractivity contribution >= 4 is 0 Å². The van der Waals surface area contributed by atoms with Crippen molar-refractivity contribution in [3.05, 3.63) is 30.1 Å². The molecule has 0 saturated carbocycles. The summed E-state index contributed by atoms with van der Waals surface area (Å²) in [6, 6.07) is 4.50. The Morgan fingerprint density at radius 2 is 2.00 bits per heavy atom. The molecular weight excluding hydrogens is 210 g/mol. The molecule has 17 heavy (non-hydrogen) atoms. The molecule has 0 radical (unpaired) electrons. The van der Waals surface area contributed by atoms with E-state index in [-0.39, 0.29) is 0 Å². The maximum atomic E-state index is 5.70. The van der Waals surface area contributed by atoms with Crippen molar-refractivity contribution in [2.24, 2.45) is 11.8 Å². The molecule has 0 amide bonds. The summed E-state index contributed by atoms with van der Waals surface area (Å²) in [6.45, 7) is 4.48. The van der Waals surface area contributed by atoms with E-state index in [4.69, 9.17) is 5.84 Å². The molecule has 0 aromatic carbocycles. The Kier molecular flexibility index (Phi) is 6.82. The van der Waals surface area contributed by atoms with Gasteiger partial charge in [0.1, 0.15) is 0 Å². The SMILES string of the molecule is CCCCC(CC)C(Cc1ccncc1)NN. The second kappa shape index (κ2) is 8.20. The van der Waals surface area contributed by atoms with Crippen LogP contribution in [0.2, 0.25) is 0 Å². The summed E-state index contributed by atoms with van der Waals surface area (Å²) in [4.78, 5) is 4.04. The van der Waals surface area contributed by atoms with Crippen molar-refractivity contribution in [2.75, 3.05) is 0 Å². The quantitative estimate of drug-likeness (QED) is 0.538. The van der Waals surface area contributed by atoms with Gasteiger partial charge in [-0.3, -0.25) is 16.3 Å². The average Bonchev–Trinajstić information content (AvgIpc) is 2.39. The zero-order chi connectivity index (χ0) is 12.5. The second-order valence-electron chi connectivity index (χ2n) is 4.64. The van der Waals surface area contributed by atoms with E-state index in [0.717, 1.165) is 6.42 Å². The van der Waals surface area contributed by atoms with Gasteiger partial charge < -0.3 is 0 Å². The fourth-order valence-electron chi connectivity index (χ4n) is 2.29. The summed E-state index contributed by atoms with van der Waals surface area (Å²) in [7, 11) is 0. The number of aromatic nitrogens is 1. The third kappa shape index (κ3) is 4.84. The molecule has 0 fully saturated rings. The molecule has 0 spiro atoms. The molecule has 96 valence electrons. The molecule has 3 nitrogen and oxygen atoms in total. The van der Waals surface area contributed by atoms with E-state index in [1.165, 1.54) is 31.2 Å². The van der Waals surface area contributed by atoms with Gasteiger partial charge in [0.2, 0.25) is 0 Å². The van der Waals surface area contributed by atoms with Crippen molar-refractivity contribution in [2.45, 2.75) is 52.0 Å². The van der Waals surface area contributed by atoms with Crippen LogP contribution < -0.4 is 11.3 Å². The van der Waals surface area contributed by atoms with Gasteiger partial charge in [0.25, 0.3) is 0 Å². The maximum Gasteiger partial charge on any atom is 0.0279 e. The van der Waals surface area contributed by atoms with Crippen LogP contribution in [0.5, 0.6) is 0 Å². The van der Waals surface area contributed by atoms with Gasteiger partial charge in [-0.2, -0.15) is 0 Å². The zero-order valence-electron chi connectivity index (χ0n) is 11.0. The zero-order valence-corrected chi connectivity index (χ0v) is 11.0. The summed E-state index contributed by atoms with van der Waals surface area (Å²) >= 11 is 0. The van der Waals surface area contributed by atoms with Crippen molar-refractivity contribution in [1.29, 1.82) is 0 Å². The van der Waals surface area contributed by atoms with Crippen LogP contribution in [-0.4, -0.2) is 11.0 Å². The molecule has 0 aliphatic heterocycles. The van der Waals surface area contributed by atoms with E-state index in [9.17, 15) is 0 Å². The van der Waals surface area contributed by atoms with Crippen LogP contribution in [0.15, 0.2) is 24.5 Å². The lowest BCUT2D eigenvalue weighted by atomic mass is 9.88. The van der Waals surface area contributed by atoms with Crippen LogP contribution in [0.4, 0.5) is 0 Å². The van der Waals surface area contributed by atoms with Gasteiger partial charge in [0, 0.05) is 18.4 Å². The molecule has 1 heterocycles. The Hall–Kier alpha value is -0.930. The van der Waals surface area contributed by atoms with Crippen LogP contribution in [0.1, 0.15) is 45.1 Å². The van der Waals surface area contributed by atoms with Gasteiger partial charge in [0.15, 0.2) is 0 Å². The van der Waals surface area contributed by atoms with Crippen LogP contribution in [0, 0.1) is 5.92 Å². The highest BCUT2D eigenvalue weighted by molar-refractivity contribution is 5.11. The normalized spacial score (nSPS) is 14.5. The van der Waals surface area contributed by atoms with Gasteiger partial charge >= 0.3 is 0 Å². The van der Waals surface area contributed by atoms with Crippen molar-refractivity contribution in [3.8, 4) is 0 Å². The summed E-state index contributed by atoms with van der Waals surface area (Å²) in [6.07, 6.45) is 9.65. The molecule has 3 heteroatoms. The molecule has 1 aromatic heterocycles. The van der Waals surface area contributed by atoms with Crippen LogP contribution in [0.25, 0.3) is 0 Å². The van der Waals surface area contributed by atoms with Gasteiger partial charge in [-0.05, 0) is 36.5 Å². The maximum absolute atomic E-state index is 5.70. The van der Waals surface area contributed by atoms with E-state index >= 15 is 0 Å². The number of nitrogens with two attached hydrogens (primary N) is 1. The molecule has 0 aliphatic carbocycles. The predicted octanol–water partition coefficient (Wildman–Crippen LogP) is 2.67. The molecule has 2 atom stereocenters. The first kappa shape index (κ1) is 14.1. The van der Waals surface area contributed by atoms with Crippen LogP contribution >= 0.6 is 0 Å². The lowest BCUT2D eigenvalue weighted by Gasteiger charge is -2.25. The molecule has 1 aromatic rings. The third-order valence-electron chi connectivity index (χ3n) is 3.44. The van der Waals surface area contributed by atoms with Gasteiger partial charge in [-0.1, -0.05) is 33.1 Å². The first-order valence-corrected chi connectivity index (χ1v) is 6.66. The molecule has 2 unspecified atom stereocenters. The molecule has 0 bridgehead atoms. The van der Waals surface area contributed by atoms with Gasteiger partial charge in [-0.25, -0.2) is 0 Å². The number of rotatable bonds is 8. The van der Waals surface area contributed by atoms with Gasteiger partial charge in [0.05, 0.1) is 0 Å². The van der Waals surface area contributed by atoms with Crippen LogP contribution in [0.3, 0.4) is 0 Å². The predicted molar refractivity (Wildman–Crippen MR) is 72.4 cm³/mol. The van der Waals surface area contributed by atoms with E-state index in [2.05, 4.69) is 36.4 Å². The second-order valence-corrected chi connectivity index (χ2v) is 4.64. The summed E-state index contributed by atoms with van der Waals surface area (Å²) in [5.41, 5.74) is 4.29. The number of nitrogens with zero attached hydrogens (tertiary/aromatic N) is 1. The molecule has 3 N–H and O–H groups in total. The smallest absolute Gasteiger partial charge is 0.0279 e. The minimum atomic E-state index is 0.369. The Morgan fingerprint density at radius 1 is 1.29 bits per heavy atom. The Morgan fingerprint density at radius 3 is 2.53 bits per heavy atom. The Balaban J connectivity index is 2.56. The highest BCUT2D eigenvalue weighted by Gasteiger charge is 2.18. The molecular formula is C14H25N3. The largest absolute Gasteiger partial charge is 0.271 e. The molecule has 0 aliphatic rings. The number of hydrogen-bond donors (Lipinski definition) is 2. The Labute approximate surface area is 105 Å². The first-order chi connectivity index (χ1) is 8.31. The summed E-state index contributed by atoms with van der Waals surface area (Å²) < 4.78 is 0. The highest BCUT2D eigenvalue weighted by Crippen LogP contribution is 2.19. The van der Waals surface area contributed by atoms with E-state index in [1.807, 2.05) is 12.4 Å². The minimum absolute atomic E-state index is 0.369. The van der Waals surface area contributed by atoms with Crippen LogP contribution in [-0.2, 0) is 6.42 Å². The summed E-state index contributed by atoms with van der Waals surface area (Å²) in [5, 5.41) is 0. The first-order valence-electron chi connectivity index (χ1n) is 6.66. The van der Waals surface area contributed by atoms with Gasteiger partial charge in [-0.15, -0.1) is 0 Å². The highest BCUT2D eigenvalue weighted by atomic mass is 15.2. The molecule has 0 saturated heterocycles. The van der Waals surface area contributed by atoms with E-state index < -0.39 is 0 Å². The van der Waals surface area contributed by atoms with Crippen molar-refractivity contribution in [1.82, 2.24) is 10.4 Å². The molecule has 1 rings (SSSR count). The monoisotopic (exact) mass is 235 g/mol.